The number of hydrogen-bond donors (Lipinski definition) is 3. The fourth-order valence-corrected chi connectivity index (χ4v) is 2.18. The summed E-state index contributed by atoms with van der Waals surface area (Å²) in [6.45, 7) is 11.8. The highest BCUT2D eigenvalue weighted by atomic mass is 127. The van der Waals surface area contributed by atoms with Crippen LogP contribution in [-0.4, -0.2) is 74.0 Å². The van der Waals surface area contributed by atoms with Crippen molar-refractivity contribution in [2.45, 2.75) is 65.3 Å². The van der Waals surface area contributed by atoms with Crippen molar-refractivity contribution in [3.05, 3.63) is 0 Å². The van der Waals surface area contributed by atoms with Crippen LogP contribution in [-0.2, 0) is 4.74 Å². The summed E-state index contributed by atoms with van der Waals surface area (Å²) >= 11 is 0. The van der Waals surface area contributed by atoms with Gasteiger partial charge in [-0.2, -0.15) is 13.2 Å². The first-order chi connectivity index (χ1) is 12.6. The molecule has 0 aliphatic heterocycles. The van der Waals surface area contributed by atoms with Crippen LogP contribution in [0.25, 0.3) is 0 Å². The molecule has 0 aromatic heterocycles. The van der Waals surface area contributed by atoms with Crippen LogP contribution in [0.2, 0.25) is 0 Å². The van der Waals surface area contributed by atoms with Gasteiger partial charge >= 0.3 is 12.3 Å². The third kappa shape index (κ3) is 18.8. The number of carbonyl (C=O) groups is 1. The Labute approximate surface area is 189 Å². The molecule has 0 saturated carbocycles. The van der Waals surface area contributed by atoms with Crippen LogP contribution < -0.4 is 16.0 Å². The molecule has 29 heavy (non-hydrogen) atoms. The number of alkyl carbamates (subject to hydrolysis) is 1. The average Bonchev–Trinajstić information content (AvgIpc) is 2.44. The fraction of sp³-hybridized carbons (Fsp3) is 0.889. The van der Waals surface area contributed by atoms with Crippen molar-refractivity contribution < 1.29 is 22.7 Å². The van der Waals surface area contributed by atoms with Crippen molar-refractivity contribution in [3.8, 4) is 0 Å². The molecule has 0 spiro atoms. The van der Waals surface area contributed by atoms with Crippen LogP contribution >= 0.6 is 24.0 Å². The monoisotopic (exact) mass is 539 g/mol. The summed E-state index contributed by atoms with van der Waals surface area (Å²) in [6, 6.07) is 0. The van der Waals surface area contributed by atoms with Gasteiger partial charge in [0, 0.05) is 13.1 Å². The lowest BCUT2D eigenvalue weighted by molar-refractivity contribution is -0.143. The molecule has 0 rings (SSSR count). The third-order valence-corrected chi connectivity index (χ3v) is 3.27. The maximum atomic E-state index is 12.3. The quantitative estimate of drug-likeness (QED) is 0.181. The SMILES string of the molecule is CCNC(=NCC(C)(C)NC(=O)OC(C)(C)C)NCCCN(C)CC(F)(F)F.I. The molecule has 0 saturated heterocycles. The summed E-state index contributed by atoms with van der Waals surface area (Å²) in [4.78, 5) is 17.6. The van der Waals surface area contributed by atoms with Crippen molar-refractivity contribution in [3.63, 3.8) is 0 Å². The number of nitrogens with one attached hydrogen (secondary N) is 3. The predicted octanol–water partition coefficient (Wildman–Crippen LogP) is 3.35. The van der Waals surface area contributed by atoms with Gasteiger partial charge in [0.05, 0.1) is 18.6 Å². The number of nitrogens with zero attached hydrogens (tertiary/aromatic N) is 2. The van der Waals surface area contributed by atoms with Gasteiger partial charge in [-0.15, -0.1) is 24.0 Å². The summed E-state index contributed by atoms with van der Waals surface area (Å²) in [6.07, 6.45) is -4.17. The minimum Gasteiger partial charge on any atom is -0.444 e. The number of carbonyl (C=O) groups excluding carboxylic acids is 1. The van der Waals surface area contributed by atoms with Crippen molar-refractivity contribution in [2.24, 2.45) is 4.99 Å². The largest absolute Gasteiger partial charge is 0.444 e. The van der Waals surface area contributed by atoms with Crippen molar-refractivity contribution in [1.82, 2.24) is 20.9 Å². The number of guanidine groups is 1. The zero-order valence-electron chi connectivity index (χ0n) is 18.5. The summed E-state index contributed by atoms with van der Waals surface area (Å²) in [5.41, 5.74) is -1.21. The Hall–Kier alpha value is -0.980. The van der Waals surface area contributed by atoms with Crippen molar-refractivity contribution >= 4 is 36.0 Å². The maximum Gasteiger partial charge on any atom is 0.408 e. The molecule has 11 heteroatoms. The molecule has 0 radical (unpaired) electrons. The first-order valence-electron chi connectivity index (χ1n) is 9.42. The normalized spacial score (nSPS) is 13.0. The lowest BCUT2D eigenvalue weighted by atomic mass is 10.1. The molecule has 0 aromatic rings. The van der Waals surface area contributed by atoms with Gasteiger partial charge in [0.2, 0.25) is 0 Å². The molecule has 0 heterocycles. The molecule has 0 bridgehead atoms. The van der Waals surface area contributed by atoms with Gasteiger partial charge in [-0.25, -0.2) is 4.79 Å². The standard InChI is InChI=1S/C18H36F3N5O2.HI/c1-8-22-14(23-10-9-11-26(7)13-18(19,20)21)24-12-17(5,6)25-15(27)28-16(2,3)4;/h8-13H2,1-7H3,(H,25,27)(H2,22,23,24);1H. The van der Waals surface area contributed by atoms with E-state index in [-0.39, 0.29) is 24.0 Å². The predicted molar refractivity (Wildman–Crippen MR) is 121 cm³/mol. The number of aliphatic imine (C=N–C) groups is 1. The molecular weight excluding hydrogens is 502 g/mol. The first kappa shape index (κ1) is 30.2. The molecule has 0 aliphatic rings. The van der Waals surface area contributed by atoms with E-state index in [1.807, 2.05) is 20.8 Å². The summed E-state index contributed by atoms with van der Waals surface area (Å²) in [7, 11) is 1.44. The molecule has 0 fully saturated rings. The Bertz CT molecular complexity index is 509. The van der Waals surface area contributed by atoms with Crippen molar-refractivity contribution in [1.29, 1.82) is 0 Å². The maximum absolute atomic E-state index is 12.3. The zero-order chi connectivity index (χ0) is 22.0. The van der Waals surface area contributed by atoms with E-state index >= 15 is 0 Å². The highest BCUT2D eigenvalue weighted by Gasteiger charge is 2.28. The van der Waals surface area contributed by atoms with Crippen LogP contribution in [0.4, 0.5) is 18.0 Å². The van der Waals surface area contributed by atoms with Crippen LogP contribution in [0.5, 0.6) is 0 Å². The Morgan fingerprint density at radius 2 is 1.69 bits per heavy atom. The smallest absolute Gasteiger partial charge is 0.408 e. The molecule has 0 aliphatic carbocycles. The van der Waals surface area contributed by atoms with Gasteiger partial charge in [0.1, 0.15) is 5.60 Å². The van der Waals surface area contributed by atoms with Crippen LogP contribution in [0, 0.1) is 0 Å². The third-order valence-electron chi connectivity index (χ3n) is 3.27. The number of rotatable bonds is 9. The van der Waals surface area contributed by atoms with Gasteiger partial charge in [0.15, 0.2) is 5.96 Å². The lowest BCUT2D eigenvalue weighted by Crippen LogP contribution is -2.49. The number of ether oxygens (including phenoxy) is 1. The van der Waals surface area contributed by atoms with E-state index < -0.39 is 30.0 Å². The molecule has 7 nitrogen and oxygen atoms in total. The first-order valence-corrected chi connectivity index (χ1v) is 9.42. The lowest BCUT2D eigenvalue weighted by Gasteiger charge is -2.27. The van der Waals surface area contributed by atoms with Gasteiger partial charge < -0.3 is 20.7 Å². The summed E-state index contributed by atoms with van der Waals surface area (Å²) in [5.74, 6) is 0.542. The number of amides is 1. The molecular formula is C18H37F3IN5O2. The molecule has 0 atom stereocenters. The Morgan fingerprint density at radius 1 is 1.10 bits per heavy atom. The minimum absolute atomic E-state index is 0. The van der Waals surface area contributed by atoms with Gasteiger partial charge in [-0.1, -0.05) is 0 Å². The summed E-state index contributed by atoms with van der Waals surface area (Å²) in [5, 5.41) is 8.94. The van der Waals surface area contributed by atoms with Gasteiger partial charge in [-0.05, 0) is 61.6 Å². The van der Waals surface area contributed by atoms with E-state index in [0.29, 0.717) is 38.6 Å². The van der Waals surface area contributed by atoms with E-state index in [2.05, 4.69) is 20.9 Å². The number of halogens is 4. The highest BCUT2D eigenvalue weighted by Crippen LogP contribution is 2.15. The van der Waals surface area contributed by atoms with Crippen LogP contribution in [0.15, 0.2) is 4.99 Å². The minimum atomic E-state index is -4.19. The molecule has 0 aromatic carbocycles. The molecule has 174 valence electrons. The Balaban J connectivity index is 0. The number of hydrogen-bond acceptors (Lipinski definition) is 4. The fourth-order valence-electron chi connectivity index (χ4n) is 2.18. The molecule has 1 amide bonds. The Morgan fingerprint density at radius 3 is 2.17 bits per heavy atom. The van der Waals surface area contributed by atoms with E-state index in [1.54, 1.807) is 20.8 Å². The van der Waals surface area contributed by atoms with Crippen LogP contribution in [0.3, 0.4) is 0 Å². The second-order valence-corrected chi connectivity index (χ2v) is 8.34. The van der Waals surface area contributed by atoms with Crippen LogP contribution in [0.1, 0.15) is 48.0 Å². The number of alkyl halides is 3. The molecule has 3 N–H and O–H groups in total. The molecule has 0 unspecified atom stereocenters. The topological polar surface area (TPSA) is 78.0 Å². The van der Waals surface area contributed by atoms with Crippen molar-refractivity contribution in [2.75, 3.05) is 39.8 Å². The highest BCUT2D eigenvalue weighted by molar-refractivity contribution is 14.0. The summed E-state index contributed by atoms with van der Waals surface area (Å²) < 4.78 is 42.2. The Kier molecular flexibility index (Phi) is 13.9. The van der Waals surface area contributed by atoms with E-state index in [4.69, 9.17) is 4.74 Å². The second-order valence-electron chi connectivity index (χ2n) is 8.34. The second kappa shape index (κ2) is 13.3. The van der Waals surface area contributed by atoms with Gasteiger partial charge in [-0.3, -0.25) is 9.89 Å². The van der Waals surface area contributed by atoms with Gasteiger partial charge in [0.25, 0.3) is 0 Å². The average molecular weight is 539 g/mol. The zero-order valence-corrected chi connectivity index (χ0v) is 20.8. The van der Waals surface area contributed by atoms with E-state index in [1.165, 1.54) is 11.9 Å². The van der Waals surface area contributed by atoms with E-state index in [9.17, 15) is 18.0 Å². The van der Waals surface area contributed by atoms with E-state index in [0.717, 1.165) is 0 Å².